The number of unbranched alkanes of at least 4 members (excludes halogenated alkanes) is 28. The second kappa shape index (κ2) is 47.0. The standard InChI is InChI=1S/C57H103NO10/c1-3-5-7-9-11-13-14-21-25-29-33-37-41-45-53(62)66-46-42-38-34-30-26-23-20-18-16-15-17-19-22-24-28-32-36-40-44-52(61)58-49(50(60)43-39-35-31-27-12-10-8-6-4-2)48-67-57-56(65)55(64)54(63)51(47-59)68-57/h4,6,12,17,19,27,39,43,49-51,54-57,59-60,63-65H,3,5,7-11,13-16,18,20-26,28-38,40-42,44-48H2,1-2H3,(H,58,61)/b6-4+,19-17-,27-12+,43-39+. The summed E-state index contributed by atoms with van der Waals surface area (Å²) in [5.74, 6) is -0.228. The molecule has 1 rings (SSSR count). The van der Waals surface area contributed by atoms with Crippen LogP contribution < -0.4 is 5.32 Å². The van der Waals surface area contributed by atoms with Gasteiger partial charge in [-0.25, -0.2) is 0 Å². The van der Waals surface area contributed by atoms with Crippen LogP contribution in [0, 0.1) is 0 Å². The minimum atomic E-state index is -1.58. The Bertz CT molecular complexity index is 1270. The molecule has 0 aromatic heterocycles. The first-order valence-electron chi connectivity index (χ1n) is 27.9. The van der Waals surface area contributed by atoms with Crippen LogP contribution in [0.3, 0.4) is 0 Å². The zero-order valence-electron chi connectivity index (χ0n) is 43.3. The third-order valence-corrected chi connectivity index (χ3v) is 13.0. The summed E-state index contributed by atoms with van der Waals surface area (Å²) in [6.45, 7) is 4.05. The molecule has 0 bridgehead atoms. The van der Waals surface area contributed by atoms with E-state index in [-0.39, 0.29) is 18.5 Å². The summed E-state index contributed by atoms with van der Waals surface area (Å²) < 4.78 is 16.6. The Labute approximate surface area is 415 Å². The van der Waals surface area contributed by atoms with Crippen molar-refractivity contribution < 1.29 is 49.3 Å². The van der Waals surface area contributed by atoms with Gasteiger partial charge in [0.25, 0.3) is 0 Å². The van der Waals surface area contributed by atoms with Crippen molar-refractivity contribution >= 4 is 11.9 Å². The number of hydrogen-bond acceptors (Lipinski definition) is 10. The number of carbonyl (C=O) groups excluding carboxylic acids is 2. The number of carbonyl (C=O) groups is 2. The van der Waals surface area contributed by atoms with Gasteiger partial charge in [0, 0.05) is 12.8 Å². The number of nitrogens with one attached hydrogen (secondary N) is 1. The SMILES string of the molecule is C/C=C/CC/C=C/CC/C=C/C(O)C(COC1OC(CO)C(O)C(O)C1O)NC(=O)CCCCCCC/C=C\CCCCCCCCCCCOC(=O)CCCCCCCCCCCCCCC. The van der Waals surface area contributed by atoms with Crippen LogP contribution in [0.25, 0.3) is 0 Å². The molecule has 0 aliphatic carbocycles. The van der Waals surface area contributed by atoms with E-state index >= 15 is 0 Å². The van der Waals surface area contributed by atoms with E-state index in [0.717, 1.165) is 89.9 Å². The van der Waals surface area contributed by atoms with E-state index in [1.165, 1.54) is 116 Å². The molecular weight excluding hydrogens is 859 g/mol. The van der Waals surface area contributed by atoms with Crippen LogP contribution in [0.2, 0.25) is 0 Å². The number of rotatable bonds is 47. The summed E-state index contributed by atoms with van der Waals surface area (Å²) in [6, 6.07) is -0.843. The highest BCUT2D eigenvalue weighted by Gasteiger charge is 2.44. The average molecular weight is 962 g/mol. The molecule has 0 saturated carbocycles. The Hall–Kier alpha value is -2.38. The monoisotopic (exact) mass is 962 g/mol. The largest absolute Gasteiger partial charge is 0.466 e. The van der Waals surface area contributed by atoms with E-state index in [4.69, 9.17) is 14.2 Å². The molecule has 7 atom stereocenters. The molecule has 1 saturated heterocycles. The van der Waals surface area contributed by atoms with Crippen LogP contribution in [-0.4, -0.2) is 100 Å². The summed E-state index contributed by atoms with van der Waals surface area (Å²) >= 11 is 0. The maximum Gasteiger partial charge on any atom is 0.305 e. The van der Waals surface area contributed by atoms with Crippen molar-refractivity contribution in [1.82, 2.24) is 5.32 Å². The van der Waals surface area contributed by atoms with E-state index in [2.05, 4.69) is 42.6 Å². The molecule has 7 unspecified atom stereocenters. The van der Waals surface area contributed by atoms with Gasteiger partial charge >= 0.3 is 5.97 Å². The van der Waals surface area contributed by atoms with Gasteiger partial charge in [0.05, 0.1) is 32.0 Å². The van der Waals surface area contributed by atoms with Gasteiger partial charge in [0.1, 0.15) is 24.4 Å². The minimum absolute atomic E-state index is 0.0133. The molecule has 1 aliphatic heterocycles. The lowest BCUT2D eigenvalue weighted by Crippen LogP contribution is -2.60. The van der Waals surface area contributed by atoms with Crippen molar-refractivity contribution in [3.8, 4) is 0 Å². The lowest BCUT2D eigenvalue weighted by atomic mass is 9.99. The molecule has 1 aliphatic rings. The summed E-state index contributed by atoms with van der Waals surface area (Å²) in [7, 11) is 0. The number of amides is 1. The fraction of sp³-hybridized carbons (Fsp3) is 0.825. The van der Waals surface area contributed by atoms with Crippen LogP contribution >= 0.6 is 0 Å². The fourth-order valence-corrected chi connectivity index (χ4v) is 8.53. The van der Waals surface area contributed by atoms with Crippen molar-refractivity contribution in [2.45, 2.75) is 281 Å². The first-order chi connectivity index (χ1) is 33.2. The van der Waals surface area contributed by atoms with Gasteiger partial charge in [-0.15, -0.1) is 0 Å². The average Bonchev–Trinajstić information content (AvgIpc) is 3.33. The van der Waals surface area contributed by atoms with Gasteiger partial charge < -0.3 is 45.1 Å². The summed E-state index contributed by atoms with van der Waals surface area (Å²) in [5, 5.41) is 54.1. The molecule has 11 heteroatoms. The maximum atomic E-state index is 13.0. The molecule has 1 fully saturated rings. The quantitative estimate of drug-likeness (QED) is 0.0196. The van der Waals surface area contributed by atoms with Crippen molar-refractivity contribution in [2.75, 3.05) is 19.8 Å². The highest BCUT2D eigenvalue weighted by Crippen LogP contribution is 2.23. The molecule has 0 spiro atoms. The molecule has 1 amide bonds. The fourth-order valence-electron chi connectivity index (χ4n) is 8.53. The topological polar surface area (TPSA) is 175 Å². The highest BCUT2D eigenvalue weighted by molar-refractivity contribution is 5.76. The Morgan fingerprint density at radius 2 is 1.01 bits per heavy atom. The zero-order chi connectivity index (χ0) is 49.6. The van der Waals surface area contributed by atoms with Crippen molar-refractivity contribution in [1.29, 1.82) is 0 Å². The van der Waals surface area contributed by atoms with E-state index in [1.807, 2.05) is 19.1 Å². The molecule has 0 radical (unpaired) electrons. The Kier molecular flexibility index (Phi) is 44.0. The Morgan fingerprint density at radius 3 is 1.54 bits per heavy atom. The third-order valence-electron chi connectivity index (χ3n) is 13.0. The number of allylic oxidation sites excluding steroid dienone is 7. The molecular formula is C57H103NO10. The predicted molar refractivity (Wildman–Crippen MR) is 278 cm³/mol. The van der Waals surface area contributed by atoms with E-state index in [1.54, 1.807) is 6.08 Å². The smallest absolute Gasteiger partial charge is 0.305 e. The lowest BCUT2D eigenvalue weighted by molar-refractivity contribution is -0.302. The van der Waals surface area contributed by atoms with Crippen LogP contribution in [0.1, 0.15) is 239 Å². The summed E-state index contributed by atoms with van der Waals surface area (Å²) in [4.78, 5) is 25.0. The Morgan fingerprint density at radius 1 is 0.559 bits per heavy atom. The molecule has 11 nitrogen and oxygen atoms in total. The molecule has 6 N–H and O–H groups in total. The van der Waals surface area contributed by atoms with E-state index in [0.29, 0.717) is 25.9 Å². The van der Waals surface area contributed by atoms with Gasteiger partial charge in [-0.05, 0) is 77.6 Å². The molecule has 0 aromatic carbocycles. The van der Waals surface area contributed by atoms with Crippen LogP contribution in [0.5, 0.6) is 0 Å². The van der Waals surface area contributed by atoms with Gasteiger partial charge in [-0.1, -0.05) is 197 Å². The number of aliphatic hydroxyl groups excluding tert-OH is 5. The van der Waals surface area contributed by atoms with Gasteiger partial charge in [0.2, 0.25) is 5.91 Å². The first kappa shape index (κ1) is 63.6. The minimum Gasteiger partial charge on any atom is -0.466 e. The van der Waals surface area contributed by atoms with E-state index < -0.39 is 49.5 Å². The van der Waals surface area contributed by atoms with Gasteiger partial charge in [-0.2, -0.15) is 0 Å². The van der Waals surface area contributed by atoms with Crippen LogP contribution in [0.4, 0.5) is 0 Å². The van der Waals surface area contributed by atoms with Crippen LogP contribution in [0.15, 0.2) is 48.6 Å². The van der Waals surface area contributed by atoms with Gasteiger partial charge in [-0.3, -0.25) is 9.59 Å². The van der Waals surface area contributed by atoms with Gasteiger partial charge in [0.15, 0.2) is 6.29 Å². The van der Waals surface area contributed by atoms with E-state index in [9.17, 15) is 35.1 Å². The first-order valence-corrected chi connectivity index (χ1v) is 27.9. The molecule has 1 heterocycles. The van der Waals surface area contributed by atoms with Crippen molar-refractivity contribution in [3.63, 3.8) is 0 Å². The predicted octanol–water partition coefficient (Wildman–Crippen LogP) is 12.1. The molecule has 68 heavy (non-hydrogen) atoms. The van der Waals surface area contributed by atoms with Crippen molar-refractivity contribution in [2.24, 2.45) is 0 Å². The van der Waals surface area contributed by atoms with Crippen molar-refractivity contribution in [3.05, 3.63) is 48.6 Å². The number of hydrogen-bond donors (Lipinski definition) is 6. The summed E-state index contributed by atoms with van der Waals surface area (Å²) in [5.41, 5.74) is 0. The number of esters is 1. The summed E-state index contributed by atoms with van der Waals surface area (Å²) in [6.07, 6.45) is 48.0. The Balaban J connectivity index is 2.07. The number of aliphatic hydroxyl groups is 5. The lowest BCUT2D eigenvalue weighted by Gasteiger charge is -2.40. The van der Waals surface area contributed by atoms with Crippen LogP contribution in [-0.2, 0) is 23.8 Å². The maximum absolute atomic E-state index is 13.0. The second-order valence-electron chi connectivity index (χ2n) is 19.3. The number of ether oxygens (including phenoxy) is 3. The highest BCUT2D eigenvalue weighted by atomic mass is 16.7. The third kappa shape index (κ3) is 36.5. The molecule has 396 valence electrons. The molecule has 0 aromatic rings. The zero-order valence-corrected chi connectivity index (χ0v) is 43.3. The normalized spacial score (nSPS) is 19.8. The second-order valence-corrected chi connectivity index (χ2v) is 19.3.